The van der Waals surface area contributed by atoms with Crippen LogP contribution in [0.4, 0.5) is 0 Å². The number of halogens is 2. The highest BCUT2D eigenvalue weighted by Gasteiger charge is 2.00. The molecule has 13 heavy (non-hydrogen) atoms. The maximum atomic E-state index is 7.50. The summed E-state index contributed by atoms with van der Waals surface area (Å²) >= 11 is 2.21. The zero-order valence-electron chi connectivity index (χ0n) is 7.21. The number of benzene rings is 1. The first-order chi connectivity index (χ1) is 5.74. The molecule has 1 aromatic carbocycles. The van der Waals surface area contributed by atoms with E-state index in [0.29, 0.717) is 6.61 Å². The predicted octanol–water partition coefficient (Wildman–Crippen LogP) is 3.07. The van der Waals surface area contributed by atoms with Gasteiger partial charge in [0.15, 0.2) is 0 Å². The summed E-state index contributed by atoms with van der Waals surface area (Å²) in [6.45, 7) is 2.42. The molecular weight excluding hydrogens is 300 g/mol. The quantitative estimate of drug-likeness (QED) is 0.508. The van der Waals surface area contributed by atoms with Crippen molar-refractivity contribution in [2.75, 3.05) is 6.61 Å². The van der Waals surface area contributed by atoms with Crippen molar-refractivity contribution >= 4 is 40.9 Å². The van der Waals surface area contributed by atoms with Gasteiger partial charge in [0.25, 0.3) is 0 Å². The molecule has 0 atom stereocenters. The number of hydrogen-bond donors (Lipinski definition) is 1. The molecule has 0 saturated carbocycles. The number of rotatable bonds is 2. The van der Waals surface area contributed by atoms with Gasteiger partial charge >= 0.3 is 0 Å². The highest BCUT2D eigenvalue weighted by molar-refractivity contribution is 14.1. The van der Waals surface area contributed by atoms with E-state index in [4.69, 9.17) is 10.1 Å². The summed E-state index contributed by atoms with van der Waals surface area (Å²) in [6.07, 6.45) is 0. The fourth-order valence-corrected chi connectivity index (χ4v) is 1.40. The van der Waals surface area contributed by atoms with E-state index in [0.717, 1.165) is 9.13 Å². The Balaban J connectivity index is 0.00000144. The van der Waals surface area contributed by atoms with Crippen LogP contribution in [0.15, 0.2) is 24.3 Å². The summed E-state index contributed by atoms with van der Waals surface area (Å²) in [7, 11) is 0. The van der Waals surface area contributed by atoms with E-state index < -0.39 is 0 Å². The third kappa shape index (κ3) is 3.95. The summed E-state index contributed by atoms with van der Waals surface area (Å²) < 4.78 is 6.18. The van der Waals surface area contributed by atoms with Crippen LogP contribution in [0.25, 0.3) is 0 Å². The molecule has 1 aromatic rings. The second-order valence-electron chi connectivity index (χ2n) is 2.27. The first-order valence-corrected chi connectivity index (χ1v) is 4.79. The second kappa shape index (κ2) is 6.21. The van der Waals surface area contributed by atoms with Gasteiger partial charge in [0, 0.05) is 9.13 Å². The maximum Gasteiger partial charge on any atom is 0.213 e. The van der Waals surface area contributed by atoms with Gasteiger partial charge in [-0.25, -0.2) is 0 Å². The number of nitrogens with one attached hydrogen (secondary N) is 1. The molecule has 1 rings (SSSR count). The molecule has 2 nitrogen and oxygen atoms in total. The number of ether oxygens (including phenoxy) is 1. The molecule has 0 aliphatic carbocycles. The molecule has 0 aliphatic heterocycles. The van der Waals surface area contributed by atoms with Crippen LogP contribution < -0.4 is 0 Å². The summed E-state index contributed by atoms with van der Waals surface area (Å²) in [5.74, 6) is 0.246. The lowest BCUT2D eigenvalue weighted by Crippen LogP contribution is -2.04. The van der Waals surface area contributed by atoms with Crippen molar-refractivity contribution in [3.63, 3.8) is 0 Å². The SMILES string of the molecule is CCOC(=N)c1cccc(I)c1.Cl. The maximum absolute atomic E-state index is 7.50. The van der Waals surface area contributed by atoms with E-state index in [1.165, 1.54) is 0 Å². The lowest BCUT2D eigenvalue weighted by atomic mass is 10.2. The molecular formula is C9H11ClINO. The Kier molecular flexibility index (Phi) is 6.07. The predicted molar refractivity (Wildman–Crippen MR) is 64.9 cm³/mol. The van der Waals surface area contributed by atoms with Gasteiger partial charge in [0.1, 0.15) is 0 Å². The van der Waals surface area contributed by atoms with Gasteiger partial charge in [0.2, 0.25) is 5.90 Å². The van der Waals surface area contributed by atoms with Gasteiger partial charge in [-0.05, 0) is 47.7 Å². The van der Waals surface area contributed by atoms with Crippen LogP contribution in [0.2, 0.25) is 0 Å². The molecule has 72 valence electrons. The summed E-state index contributed by atoms with van der Waals surface area (Å²) in [5.41, 5.74) is 0.837. The summed E-state index contributed by atoms with van der Waals surface area (Å²) in [5, 5.41) is 7.50. The van der Waals surface area contributed by atoms with Crippen molar-refractivity contribution in [1.29, 1.82) is 5.41 Å². The Labute approximate surface area is 97.7 Å². The average Bonchev–Trinajstić information content (AvgIpc) is 2.05. The molecule has 0 aromatic heterocycles. The van der Waals surface area contributed by atoms with Crippen molar-refractivity contribution in [3.8, 4) is 0 Å². The molecule has 0 radical (unpaired) electrons. The van der Waals surface area contributed by atoms with Crippen LogP contribution in [0.1, 0.15) is 12.5 Å². The van der Waals surface area contributed by atoms with Crippen LogP contribution in [0.5, 0.6) is 0 Å². The average molecular weight is 312 g/mol. The Morgan fingerprint density at radius 1 is 1.54 bits per heavy atom. The van der Waals surface area contributed by atoms with Gasteiger partial charge in [0.05, 0.1) is 6.61 Å². The third-order valence-electron chi connectivity index (χ3n) is 1.38. The van der Waals surface area contributed by atoms with Crippen molar-refractivity contribution in [2.45, 2.75) is 6.92 Å². The highest BCUT2D eigenvalue weighted by Crippen LogP contribution is 2.08. The van der Waals surface area contributed by atoms with E-state index >= 15 is 0 Å². The molecule has 0 heterocycles. The first-order valence-electron chi connectivity index (χ1n) is 3.71. The minimum absolute atomic E-state index is 0. The van der Waals surface area contributed by atoms with E-state index in [1.807, 2.05) is 31.2 Å². The smallest absolute Gasteiger partial charge is 0.213 e. The van der Waals surface area contributed by atoms with Gasteiger partial charge in [-0.15, -0.1) is 12.4 Å². The molecule has 0 fully saturated rings. The lowest BCUT2D eigenvalue weighted by Gasteiger charge is -2.04. The summed E-state index contributed by atoms with van der Waals surface area (Å²) in [6, 6.07) is 7.71. The highest BCUT2D eigenvalue weighted by atomic mass is 127. The van der Waals surface area contributed by atoms with Crippen LogP contribution >= 0.6 is 35.0 Å². The Bertz CT molecular complexity index is 291. The van der Waals surface area contributed by atoms with Gasteiger partial charge in [-0.1, -0.05) is 6.07 Å². The second-order valence-corrected chi connectivity index (χ2v) is 3.52. The molecule has 0 aliphatic rings. The van der Waals surface area contributed by atoms with Crippen LogP contribution in [0, 0.1) is 8.98 Å². The summed E-state index contributed by atoms with van der Waals surface area (Å²) in [4.78, 5) is 0. The molecule has 1 N–H and O–H groups in total. The molecule has 0 amide bonds. The van der Waals surface area contributed by atoms with E-state index in [9.17, 15) is 0 Å². The monoisotopic (exact) mass is 311 g/mol. The van der Waals surface area contributed by atoms with Gasteiger partial charge in [-0.3, -0.25) is 5.41 Å². The Hall–Kier alpha value is -0.290. The largest absolute Gasteiger partial charge is 0.478 e. The first kappa shape index (κ1) is 12.7. The zero-order valence-corrected chi connectivity index (χ0v) is 10.2. The van der Waals surface area contributed by atoms with E-state index in [-0.39, 0.29) is 18.3 Å². The van der Waals surface area contributed by atoms with Crippen molar-refractivity contribution < 1.29 is 4.74 Å². The fourth-order valence-electron chi connectivity index (χ4n) is 0.857. The molecule has 0 bridgehead atoms. The van der Waals surface area contributed by atoms with Crippen molar-refractivity contribution in [3.05, 3.63) is 33.4 Å². The minimum Gasteiger partial charge on any atom is -0.478 e. The van der Waals surface area contributed by atoms with Crippen LogP contribution in [-0.2, 0) is 4.74 Å². The Morgan fingerprint density at radius 3 is 2.77 bits per heavy atom. The van der Waals surface area contributed by atoms with E-state index in [1.54, 1.807) is 0 Å². The zero-order chi connectivity index (χ0) is 8.97. The van der Waals surface area contributed by atoms with Crippen LogP contribution in [0.3, 0.4) is 0 Å². The normalized spacial score (nSPS) is 8.77. The Morgan fingerprint density at radius 2 is 2.23 bits per heavy atom. The minimum atomic E-state index is 0. The standard InChI is InChI=1S/C9H10INO.ClH/c1-2-12-9(11)7-4-3-5-8(10)6-7;/h3-6,11H,2H2,1H3;1H. The van der Waals surface area contributed by atoms with Gasteiger partial charge in [-0.2, -0.15) is 0 Å². The lowest BCUT2D eigenvalue weighted by molar-refractivity contribution is 0.325. The fraction of sp³-hybridized carbons (Fsp3) is 0.222. The van der Waals surface area contributed by atoms with Crippen LogP contribution in [-0.4, -0.2) is 12.5 Å². The number of hydrogen-bond acceptors (Lipinski definition) is 2. The topological polar surface area (TPSA) is 33.1 Å². The van der Waals surface area contributed by atoms with Crippen molar-refractivity contribution in [2.24, 2.45) is 0 Å². The molecule has 0 saturated heterocycles. The third-order valence-corrected chi connectivity index (χ3v) is 2.05. The molecule has 0 unspecified atom stereocenters. The van der Waals surface area contributed by atoms with Gasteiger partial charge < -0.3 is 4.74 Å². The molecule has 4 heteroatoms. The molecule has 0 spiro atoms. The van der Waals surface area contributed by atoms with Crippen molar-refractivity contribution in [1.82, 2.24) is 0 Å². The van der Waals surface area contributed by atoms with E-state index in [2.05, 4.69) is 22.6 Å².